The minimum absolute atomic E-state index is 0.136. The average molecular weight is 210 g/mol. The number of hydrogen-bond acceptors (Lipinski definition) is 3. The fourth-order valence-corrected chi connectivity index (χ4v) is 2.54. The van der Waals surface area contributed by atoms with Gasteiger partial charge in [0.2, 0.25) is 0 Å². The zero-order valence-electron chi connectivity index (χ0n) is 8.19. The summed E-state index contributed by atoms with van der Waals surface area (Å²) in [5.41, 5.74) is 7.67. The predicted molar refractivity (Wildman–Crippen MR) is 57.6 cm³/mol. The molecule has 3 nitrogen and oxygen atoms in total. The Labute approximate surface area is 87.5 Å². The van der Waals surface area contributed by atoms with Crippen LogP contribution in [0.25, 0.3) is 0 Å². The molecule has 0 aliphatic carbocycles. The molecule has 0 aromatic carbocycles. The van der Waals surface area contributed by atoms with Crippen molar-refractivity contribution in [2.75, 3.05) is 13.1 Å². The zero-order chi connectivity index (χ0) is 10.1. The van der Waals surface area contributed by atoms with Gasteiger partial charge >= 0.3 is 0 Å². The van der Waals surface area contributed by atoms with Crippen molar-refractivity contribution in [2.45, 2.75) is 19.4 Å². The van der Waals surface area contributed by atoms with Gasteiger partial charge in [-0.25, -0.2) is 0 Å². The number of likely N-dealkylation sites (tertiary alicyclic amines) is 1. The minimum atomic E-state index is 0.136. The largest absolute Gasteiger partial charge is 0.337 e. The Kier molecular flexibility index (Phi) is 2.56. The Balaban J connectivity index is 2.13. The first-order valence-electron chi connectivity index (χ1n) is 4.76. The molecule has 2 rings (SSSR count). The molecule has 76 valence electrons. The lowest BCUT2D eigenvalue weighted by Gasteiger charge is -2.15. The molecule has 2 N–H and O–H groups in total. The maximum absolute atomic E-state index is 12.0. The van der Waals surface area contributed by atoms with Gasteiger partial charge in [0, 0.05) is 24.5 Å². The van der Waals surface area contributed by atoms with E-state index in [2.05, 4.69) is 0 Å². The number of rotatable bonds is 1. The van der Waals surface area contributed by atoms with E-state index in [1.807, 2.05) is 22.6 Å². The van der Waals surface area contributed by atoms with E-state index in [-0.39, 0.29) is 11.9 Å². The van der Waals surface area contributed by atoms with E-state index >= 15 is 0 Å². The second-order valence-electron chi connectivity index (χ2n) is 3.77. The van der Waals surface area contributed by atoms with Gasteiger partial charge in [-0.2, -0.15) is 11.3 Å². The van der Waals surface area contributed by atoms with Gasteiger partial charge in [-0.3, -0.25) is 4.79 Å². The predicted octanol–water partition coefficient (Wildman–Crippen LogP) is 1.23. The normalized spacial score (nSPS) is 21.6. The van der Waals surface area contributed by atoms with Crippen LogP contribution in [-0.2, 0) is 0 Å². The van der Waals surface area contributed by atoms with Crippen LogP contribution in [0, 0.1) is 6.92 Å². The topological polar surface area (TPSA) is 46.3 Å². The average Bonchev–Trinajstić information content (AvgIpc) is 2.73. The van der Waals surface area contributed by atoms with Gasteiger partial charge in [0.25, 0.3) is 5.91 Å². The summed E-state index contributed by atoms with van der Waals surface area (Å²) in [6.45, 7) is 3.48. The van der Waals surface area contributed by atoms with E-state index in [0.717, 1.165) is 24.1 Å². The quantitative estimate of drug-likeness (QED) is 0.757. The van der Waals surface area contributed by atoms with Gasteiger partial charge in [0.1, 0.15) is 0 Å². The van der Waals surface area contributed by atoms with E-state index in [9.17, 15) is 4.79 Å². The van der Waals surface area contributed by atoms with E-state index in [1.165, 1.54) is 0 Å². The number of thiophene rings is 1. The summed E-state index contributed by atoms with van der Waals surface area (Å²) >= 11 is 1.58. The molecule has 1 atom stereocenters. The molecule has 0 spiro atoms. The Morgan fingerprint density at radius 3 is 2.93 bits per heavy atom. The first-order chi connectivity index (χ1) is 6.68. The van der Waals surface area contributed by atoms with Crippen LogP contribution in [0.5, 0.6) is 0 Å². The molecule has 0 radical (unpaired) electrons. The monoisotopic (exact) mass is 210 g/mol. The van der Waals surface area contributed by atoms with Crippen molar-refractivity contribution < 1.29 is 4.79 Å². The molecule has 1 aromatic rings. The molecule has 1 saturated heterocycles. The van der Waals surface area contributed by atoms with E-state index < -0.39 is 0 Å². The highest BCUT2D eigenvalue weighted by atomic mass is 32.1. The van der Waals surface area contributed by atoms with Crippen LogP contribution in [0.1, 0.15) is 22.3 Å². The van der Waals surface area contributed by atoms with Gasteiger partial charge in [0.15, 0.2) is 0 Å². The van der Waals surface area contributed by atoms with Crippen molar-refractivity contribution >= 4 is 17.2 Å². The van der Waals surface area contributed by atoms with Crippen molar-refractivity contribution in [3.05, 3.63) is 21.9 Å². The molecule has 1 amide bonds. The second kappa shape index (κ2) is 3.71. The molecule has 1 aliphatic heterocycles. The van der Waals surface area contributed by atoms with Crippen molar-refractivity contribution in [2.24, 2.45) is 5.73 Å². The molecule has 14 heavy (non-hydrogen) atoms. The first-order valence-corrected chi connectivity index (χ1v) is 5.70. The minimum Gasteiger partial charge on any atom is -0.337 e. The fourth-order valence-electron chi connectivity index (χ4n) is 1.72. The summed E-state index contributed by atoms with van der Waals surface area (Å²) in [5, 5.41) is 3.92. The highest BCUT2D eigenvalue weighted by Crippen LogP contribution is 2.18. The Morgan fingerprint density at radius 1 is 1.64 bits per heavy atom. The Hall–Kier alpha value is -0.870. The van der Waals surface area contributed by atoms with Crippen LogP contribution in [0.4, 0.5) is 0 Å². The summed E-state index contributed by atoms with van der Waals surface area (Å²) in [6.07, 6.45) is 0.926. The molecular weight excluding hydrogens is 196 g/mol. The standard InChI is InChI=1S/C10H14N2OS/c1-7-5-14-6-9(7)10(13)12-3-2-8(11)4-12/h5-6,8H,2-4,11H2,1H3/t8-/m0/s1. The molecule has 0 unspecified atom stereocenters. The summed E-state index contributed by atoms with van der Waals surface area (Å²) in [7, 11) is 0. The highest BCUT2D eigenvalue weighted by molar-refractivity contribution is 7.08. The van der Waals surface area contributed by atoms with Gasteiger partial charge in [-0.1, -0.05) is 0 Å². The van der Waals surface area contributed by atoms with Crippen LogP contribution >= 0.6 is 11.3 Å². The lowest BCUT2D eigenvalue weighted by atomic mass is 10.2. The highest BCUT2D eigenvalue weighted by Gasteiger charge is 2.25. The molecule has 2 heterocycles. The molecule has 0 saturated carbocycles. The van der Waals surface area contributed by atoms with E-state index in [0.29, 0.717) is 6.54 Å². The van der Waals surface area contributed by atoms with Crippen LogP contribution < -0.4 is 5.73 Å². The van der Waals surface area contributed by atoms with E-state index in [1.54, 1.807) is 11.3 Å². The second-order valence-corrected chi connectivity index (χ2v) is 4.51. The maximum atomic E-state index is 12.0. The van der Waals surface area contributed by atoms with Gasteiger partial charge in [-0.15, -0.1) is 0 Å². The zero-order valence-corrected chi connectivity index (χ0v) is 9.01. The fraction of sp³-hybridized carbons (Fsp3) is 0.500. The lowest BCUT2D eigenvalue weighted by Crippen LogP contribution is -2.31. The number of carbonyl (C=O) groups excluding carboxylic acids is 1. The summed E-state index contributed by atoms with van der Waals surface area (Å²) in [4.78, 5) is 13.8. The molecule has 4 heteroatoms. The first kappa shape index (κ1) is 9.68. The number of aryl methyl sites for hydroxylation is 1. The number of nitrogens with two attached hydrogens (primary N) is 1. The molecule has 1 fully saturated rings. The van der Waals surface area contributed by atoms with Gasteiger partial charge in [0.05, 0.1) is 5.56 Å². The molecule has 1 aromatic heterocycles. The summed E-state index contributed by atoms with van der Waals surface area (Å²) in [6, 6.07) is 0.165. The van der Waals surface area contributed by atoms with Crippen molar-refractivity contribution in [3.8, 4) is 0 Å². The third-order valence-corrected chi connectivity index (χ3v) is 3.46. The van der Waals surface area contributed by atoms with Crippen LogP contribution in [0.2, 0.25) is 0 Å². The van der Waals surface area contributed by atoms with Crippen molar-refractivity contribution in [3.63, 3.8) is 0 Å². The third-order valence-electron chi connectivity index (χ3n) is 2.60. The van der Waals surface area contributed by atoms with Crippen molar-refractivity contribution in [1.82, 2.24) is 4.90 Å². The number of amides is 1. The number of hydrogen-bond donors (Lipinski definition) is 1. The number of nitrogens with zero attached hydrogens (tertiary/aromatic N) is 1. The van der Waals surface area contributed by atoms with Crippen LogP contribution in [-0.4, -0.2) is 29.9 Å². The van der Waals surface area contributed by atoms with Gasteiger partial charge in [-0.05, 0) is 24.3 Å². The molecular formula is C10H14N2OS. The van der Waals surface area contributed by atoms with Crippen LogP contribution in [0.3, 0.4) is 0 Å². The summed E-state index contributed by atoms with van der Waals surface area (Å²) in [5.74, 6) is 0.136. The Bertz CT molecular complexity index is 348. The maximum Gasteiger partial charge on any atom is 0.255 e. The smallest absolute Gasteiger partial charge is 0.255 e. The van der Waals surface area contributed by atoms with Crippen LogP contribution in [0.15, 0.2) is 10.8 Å². The van der Waals surface area contributed by atoms with Crippen molar-refractivity contribution in [1.29, 1.82) is 0 Å². The lowest BCUT2D eigenvalue weighted by molar-refractivity contribution is 0.0791. The molecule has 1 aliphatic rings. The van der Waals surface area contributed by atoms with Gasteiger partial charge < -0.3 is 10.6 Å². The van der Waals surface area contributed by atoms with E-state index in [4.69, 9.17) is 5.73 Å². The third kappa shape index (κ3) is 1.67. The summed E-state index contributed by atoms with van der Waals surface area (Å²) < 4.78 is 0. The Morgan fingerprint density at radius 2 is 2.43 bits per heavy atom. The molecule has 0 bridgehead atoms. The number of carbonyl (C=O) groups is 1. The SMILES string of the molecule is Cc1cscc1C(=O)N1CC[C@H](N)C1.